The van der Waals surface area contributed by atoms with E-state index in [0.29, 0.717) is 17.4 Å². The quantitative estimate of drug-likeness (QED) is 0.778. The Morgan fingerprint density at radius 1 is 1.37 bits per heavy atom. The summed E-state index contributed by atoms with van der Waals surface area (Å²) in [6, 6.07) is 0.521. The standard InChI is InChI=1S/C13H21N5O/c1-9-11(14)12(16-15-9)13(19)18-7-3-6-17-5-2-4-10(17)8-18/h10H,2-8,14H2,1H3,(H,15,16). The van der Waals surface area contributed by atoms with Gasteiger partial charge < -0.3 is 10.6 Å². The number of H-pyrrole nitrogens is 1. The molecule has 2 aliphatic heterocycles. The van der Waals surface area contributed by atoms with E-state index in [-0.39, 0.29) is 5.91 Å². The highest BCUT2D eigenvalue weighted by Crippen LogP contribution is 2.23. The molecular weight excluding hydrogens is 242 g/mol. The summed E-state index contributed by atoms with van der Waals surface area (Å²) in [5.41, 5.74) is 7.53. The van der Waals surface area contributed by atoms with Gasteiger partial charge in [0.1, 0.15) is 0 Å². The third-order valence-corrected chi connectivity index (χ3v) is 4.29. The summed E-state index contributed by atoms with van der Waals surface area (Å²) in [4.78, 5) is 16.9. The van der Waals surface area contributed by atoms with Crippen LogP contribution in [-0.4, -0.2) is 58.1 Å². The number of nitrogens with zero attached hydrogens (tertiary/aromatic N) is 3. The van der Waals surface area contributed by atoms with Crippen molar-refractivity contribution in [3.63, 3.8) is 0 Å². The highest BCUT2D eigenvalue weighted by atomic mass is 16.2. The van der Waals surface area contributed by atoms with Crippen LogP contribution in [0.25, 0.3) is 0 Å². The second-order valence-electron chi connectivity index (χ2n) is 5.55. The van der Waals surface area contributed by atoms with Crippen LogP contribution in [0.1, 0.15) is 35.4 Å². The molecule has 6 nitrogen and oxygen atoms in total. The third kappa shape index (κ3) is 2.20. The Balaban J connectivity index is 1.77. The van der Waals surface area contributed by atoms with Gasteiger partial charge in [-0.3, -0.25) is 14.8 Å². The zero-order valence-corrected chi connectivity index (χ0v) is 11.4. The summed E-state index contributed by atoms with van der Waals surface area (Å²) in [6.07, 6.45) is 3.47. The number of carbonyl (C=O) groups excluding carboxylic acids is 1. The molecule has 1 amide bonds. The Labute approximate surface area is 112 Å². The SMILES string of the molecule is Cc1[nH]nc(C(=O)N2CCCN3CCCC3C2)c1N. The van der Waals surface area contributed by atoms with E-state index in [1.165, 1.54) is 19.4 Å². The predicted octanol–water partition coefficient (Wildman–Crippen LogP) is 0.611. The lowest BCUT2D eigenvalue weighted by Crippen LogP contribution is -2.40. The Bertz CT molecular complexity index is 483. The number of hydrogen-bond acceptors (Lipinski definition) is 4. The maximum atomic E-state index is 12.5. The van der Waals surface area contributed by atoms with Crippen LogP contribution in [0.4, 0.5) is 5.69 Å². The number of nitrogens with one attached hydrogen (secondary N) is 1. The first kappa shape index (κ1) is 12.5. The Morgan fingerprint density at radius 3 is 2.89 bits per heavy atom. The summed E-state index contributed by atoms with van der Waals surface area (Å²) in [5, 5.41) is 6.84. The number of amides is 1. The third-order valence-electron chi connectivity index (χ3n) is 4.29. The van der Waals surface area contributed by atoms with Crippen LogP contribution in [0.15, 0.2) is 0 Å². The van der Waals surface area contributed by atoms with Gasteiger partial charge in [0.05, 0.1) is 11.4 Å². The number of aromatic amines is 1. The molecule has 1 unspecified atom stereocenters. The van der Waals surface area contributed by atoms with Gasteiger partial charge in [-0.1, -0.05) is 0 Å². The van der Waals surface area contributed by atoms with Crippen LogP contribution < -0.4 is 5.73 Å². The largest absolute Gasteiger partial charge is 0.395 e. The molecule has 1 atom stereocenters. The molecule has 0 aromatic carbocycles. The second kappa shape index (κ2) is 4.85. The topological polar surface area (TPSA) is 78.2 Å². The Kier molecular flexibility index (Phi) is 3.18. The summed E-state index contributed by atoms with van der Waals surface area (Å²) in [6.45, 7) is 5.72. The number of fused-ring (bicyclic) bond motifs is 1. The number of anilines is 1. The number of nitrogen functional groups attached to an aromatic ring is 1. The van der Waals surface area contributed by atoms with Crippen molar-refractivity contribution in [2.24, 2.45) is 0 Å². The van der Waals surface area contributed by atoms with Crippen LogP contribution in [0.5, 0.6) is 0 Å². The number of carbonyl (C=O) groups is 1. The fourth-order valence-electron chi connectivity index (χ4n) is 3.14. The van der Waals surface area contributed by atoms with E-state index >= 15 is 0 Å². The number of nitrogens with two attached hydrogens (primary N) is 1. The summed E-state index contributed by atoms with van der Waals surface area (Å²) >= 11 is 0. The van der Waals surface area contributed by atoms with Crippen LogP contribution in [0, 0.1) is 6.92 Å². The van der Waals surface area contributed by atoms with Gasteiger partial charge in [0.15, 0.2) is 5.69 Å². The normalized spacial score (nSPS) is 24.3. The fourth-order valence-corrected chi connectivity index (χ4v) is 3.14. The maximum absolute atomic E-state index is 12.5. The number of aromatic nitrogens is 2. The molecule has 19 heavy (non-hydrogen) atoms. The molecule has 3 N–H and O–H groups in total. The van der Waals surface area contributed by atoms with E-state index in [9.17, 15) is 4.79 Å². The molecule has 1 aromatic heterocycles. The van der Waals surface area contributed by atoms with Gasteiger partial charge in [-0.05, 0) is 32.7 Å². The summed E-state index contributed by atoms with van der Waals surface area (Å²) in [7, 11) is 0. The van der Waals surface area contributed by atoms with Crippen molar-refractivity contribution in [3.8, 4) is 0 Å². The molecule has 2 fully saturated rings. The molecule has 1 aromatic rings. The van der Waals surface area contributed by atoms with Gasteiger partial charge in [0, 0.05) is 25.7 Å². The van der Waals surface area contributed by atoms with Crippen LogP contribution in [0.2, 0.25) is 0 Å². The van der Waals surface area contributed by atoms with Crippen molar-refractivity contribution in [1.82, 2.24) is 20.0 Å². The van der Waals surface area contributed by atoms with Crippen molar-refractivity contribution in [2.45, 2.75) is 32.2 Å². The minimum absolute atomic E-state index is 0.0319. The Morgan fingerprint density at radius 2 is 2.16 bits per heavy atom. The fraction of sp³-hybridized carbons (Fsp3) is 0.692. The van der Waals surface area contributed by atoms with Crippen LogP contribution in [0.3, 0.4) is 0 Å². The number of hydrogen-bond donors (Lipinski definition) is 2. The van der Waals surface area contributed by atoms with Crippen molar-refractivity contribution < 1.29 is 4.79 Å². The molecular formula is C13H21N5O. The first-order chi connectivity index (χ1) is 9.16. The van der Waals surface area contributed by atoms with E-state index in [2.05, 4.69) is 15.1 Å². The van der Waals surface area contributed by atoms with Crippen molar-refractivity contribution in [3.05, 3.63) is 11.4 Å². The molecule has 0 radical (unpaired) electrons. The molecule has 3 rings (SSSR count). The zero-order chi connectivity index (χ0) is 13.4. The molecule has 6 heteroatoms. The van der Waals surface area contributed by atoms with Gasteiger partial charge in [0.2, 0.25) is 0 Å². The van der Waals surface area contributed by atoms with E-state index < -0.39 is 0 Å². The van der Waals surface area contributed by atoms with Crippen LogP contribution in [-0.2, 0) is 0 Å². The maximum Gasteiger partial charge on any atom is 0.276 e. The average Bonchev–Trinajstić information content (AvgIpc) is 2.91. The lowest BCUT2D eigenvalue weighted by atomic mass is 10.2. The molecule has 0 saturated carbocycles. The molecule has 0 bridgehead atoms. The van der Waals surface area contributed by atoms with Crippen LogP contribution >= 0.6 is 0 Å². The Hall–Kier alpha value is -1.56. The van der Waals surface area contributed by atoms with Crippen molar-refractivity contribution in [1.29, 1.82) is 0 Å². The smallest absolute Gasteiger partial charge is 0.276 e. The van der Waals surface area contributed by atoms with E-state index in [0.717, 1.165) is 31.7 Å². The second-order valence-corrected chi connectivity index (χ2v) is 5.55. The lowest BCUT2D eigenvalue weighted by Gasteiger charge is -2.25. The highest BCUT2D eigenvalue weighted by Gasteiger charge is 2.32. The summed E-state index contributed by atoms with van der Waals surface area (Å²) in [5.74, 6) is -0.0319. The van der Waals surface area contributed by atoms with E-state index in [1.54, 1.807) is 0 Å². The highest BCUT2D eigenvalue weighted by molar-refractivity contribution is 5.97. The minimum Gasteiger partial charge on any atom is -0.395 e. The molecule has 104 valence electrons. The van der Waals surface area contributed by atoms with E-state index in [4.69, 9.17) is 5.73 Å². The zero-order valence-electron chi connectivity index (χ0n) is 11.4. The first-order valence-electron chi connectivity index (χ1n) is 7.00. The van der Waals surface area contributed by atoms with Gasteiger partial charge in [0.25, 0.3) is 5.91 Å². The van der Waals surface area contributed by atoms with E-state index in [1.807, 2.05) is 11.8 Å². The number of aryl methyl sites for hydroxylation is 1. The molecule has 0 aliphatic carbocycles. The number of rotatable bonds is 1. The van der Waals surface area contributed by atoms with Gasteiger partial charge in [-0.15, -0.1) is 0 Å². The van der Waals surface area contributed by atoms with Gasteiger partial charge in [-0.2, -0.15) is 5.10 Å². The molecule has 3 heterocycles. The molecule has 0 spiro atoms. The minimum atomic E-state index is -0.0319. The first-order valence-corrected chi connectivity index (χ1v) is 7.00. The van der Waals surface area contributed by atoms with Gasteiger partial charge in [-0.25, -0.2) is 0 Å². The lowest BCUT2D eigenvalue weighted by molar-refractivity contribution is 0.0738. The average molecular weight is 263 g/mol. The van der Waals surface area contributed by atoms with Crippen molar-refractivity contribution in [2.75, 3.05) is 31.9 Å². The van der Waals surface area contributed by atoms with Gasteiger partial charge >= 0.3 is 0 Å². The monoisotopic (exact) mass is 263 g/mol. The summed E-state index contributed by atoms with van der Waals surface area (Å²) < 4.78 is 0. The molecule has 2 saturated heterocycles. The predicted molar refractivity (Wildman–Crippen MR) is 72.9 cm³/mol. The van der Waals surface area contributed by atoms with Crippen molar-refractivity contribution >= 4 is 11.6 Å². The molecule has 2 aliphatic rings.